The largest absolute Gasteiger partial charge is 0.493 e. The van der Waals surface area contributed by atoms with Crippen LogP contribution >= 0.6 is 0 Å². The van der Waals surface area contributed by atoms with E-state index in [1.165, 1.54) is 25.7 Å². The van der Waals surface area contributed by atoms with E-state index >= 15 is 0 Å². The highest BCUT2D eigenvalue weighted by Crippen LogP contribution is 2.32. The zero-order valence-electron chi connectivity index (χ0n) is 13.1. The lowest BCUT2D eigenvalue weighted by Gasteiger charge is -2.26. The molecule has 4 nitrogen and oxygen atoms in total. The Kier molecular flexibility index (Phi) is 6.18. The Balaban J connectivity index is 1.90. The van der Waals surface area contributed by atoms with E-state index in [-0.39, 0.29) is 13.2 Å². The van der Waals surface area contributed by atoms with Gasteiger partial charge in [0.15, 0.2) is 11.5 Å². The monoisotopic (exact) mass is 293 g/mol. The van der Waals surface area contributed by atoms with Gasteiger partial charge in [0.25, 0.3) is 0 Å². The molecule has 0 radical (unpaired) electrons. The molecule has 2 rings (SSSR count). The van der Waals surface area contributed by atoms with Crippen LogP contribution in [-0.4, -0.2) is 32.0 Å². The Morgan fingerprint density at radius 1 is 1.19 bits per heavy atom. The third kappa shape index (κ3) is 4.81. The van der Waals surface area contributed by atoms with Crippen LogP contribution in [-0.2, 0) is 0 Å². The van der Waals surface area contributed by atoms with E-state index in [0.29, 0.717) is 11.5 Å². The second-order valence-corrected chi connectivity index (χ2v) is 5.94. The first kappa shape index (κ1) is 16.0. The molecule has 0 saturated heterocycles. The number of rotatable bonds is 7. The van der Waals surface area contributed by atoms with Crippen molar-refractivity contribution in [2.24, 2.45) is 11.8 Å². The zero-order chi connectivity index (χ0) is 15.1. The van der Waals surface area contributed by atoms with Crippen LogP contribution in [0.15, 0.2) is 18.2 Å². The third-order valence-electron chi connectivity index (χ3n) is 4.24. The van der Waals surface area contributed by atoms with Gasteiger partial charge in [-0.2, -0.15) is 0 Å². The predicted molar refractivity (Wildman–Crippen MR) is 85.2 cm³/mol. The number of nitrogens with one attached hydrogen (secondary N) is 1. The van der Waals surface area contributed by atoms with Crippen LogP contribution in [0.1, 0.15) is 32.6 Å². The van der Waals surface area contributed by atoms with Gasteiger partial charge < -0.3 is 19.9 Å². The van der Waals surface area contributed by atoms with Crippen molar-refractivity contribution >= 4 is 5.69 Å². The van der Waals surface area contributed by atoms with Crippen molar-refractivity contribution in [2.45, 2.75) is 32.6 Å². The third-order valence-corrected chi connectivity index (χ3v) is 4.24. The molecule has 21 heavy (non-hydrogen) atoms. The Morgan fingerprint density at radius 2 is 1.95 bits per heavy atom. The maximum atomic E-state index is 8.87. The first-order valence-corrected chi connectivity index (χ1v) is 7.88. The van der Waals surface area contributed by atoms with Crippen molar-refractivity contribution in [3.8, 4) is 11.5 Å². The van der Waals surface area contributed by atoms with Crippen molar-refractivity contribution in [1.82, 2.24) is 0 Å². The standard InChI is InChI=1S/C17H27NO3/c1-13-3-5-14(6-4-13)12-18-15-7-8-16(20-2)17(11-15)21-10-9-19/h7-8,11,13-14,18-19H,3-6,9-10,12H2,1-2H3. The molecule has 118 valence electrons. The number of methoxy groups -OCH3 is 1. The molecule has 1 aliphatic rings. The Hall–Kier alpha value is -1.42. The Bertz CT molecular complexity index is 428. The SMILES string of the molecule is COc1ccc(NCC2CCC(C)CC2)cc1OCCO. The molecule has 1 aromatic carbocycles. The highest BCUT2D eigenvalue weighted by Gasteiger charge is 2.18. The molecule has 0 spiro atoms. The second kappa shape index (κ2) is 8.13. The average Bonchev–Trinajstić information content (AvgIpc) is 2.52. The van der Waals surface area contributed by atoms with Crippen molar-refractivity contribution < 1.29 is 14.6 Å². The first-order valence-electron chi connectivity index (χ1n) is 7.88. The molecular weight excluding hydrogens is 266 g/mol. The van der Waals surface area contributed by atoms with Crippen LogP contribution in [0.5, 0.6) is 11.5 Å². The van der Waals surface area contributed by atoms with Crippen LogP contribution in [0, 0.1) is 11.8 Å². The lowest BCUT2D eigenvalue weighted by atomic mass is 9.83. The van der Waals surface area contributed by atoms with E-state index in [0.717, 1.165) is 24.1 Å². The summed E-state index contributed by atoms with van der Waals surface area (Å²) >= 11 is 0. The number of ether oxygens (including phenoxy) is 2. The van der Waals surface area contributed by atoms with Crippen LogP contribution in [0.2, 0.25) is 0 Å². The van der Waals surface area contributed by atoms with Gasteiger partial charge >= 0.3 is 0 Å². The van der Waals surface area contributed by atoms with Crippen LogP contribution in [0.25, 0.3) is 0 Å². The smallest absolute Gasteiger partial charge is 0.163 e. The summed E-state index contributed by atoms with van der Waals surface area (Å²) < 4.78 is 10.8. The Labute approximate surface area is 127 Å². The lowest BCUT2D eigenvalue weighted by Crippen LogP contribution is -2.20. The molecule has 0 bridgehead atoms. The van der Waals surface area contributed by atoms with Crippen LogP contribution in [0.3, 0.4) is 0 Å². The van der Waals surface area contributed by atoms with E-state index in [1.807, 2.05) is 18.2 Å². The van der Waals surface area contributed by atoms with Gasteiger partial charge in [-0.15, -0.1) is 0 Å². The summed E-state index contributed by atoms with van der Waals surface area (Å²) in [6.07, 6.45) is 5.33. The zero-order valence-corrected chi connectivity index (χ0v) is 13.1. The van der Waals surface area contributed by atoms with Crippen molar-refractivity contribution in [1.29, 1.82) is 0 Å². The van der Waals surface area contributed by atoms with Crippen LogP contribution < -0.4 is 14.8 Å². The summed E-state index contributed by atoms with van der Waals surface area (Å²) in [4.78, 5) is 0. The van der Waals surface area contributed by atoms with E-state index in [9.17, 15) is 0 Å². The van der Waals surface area contributed by atoms with Gasteiger partial charge in [0.2, 0.25) is 0 Å². The molecule has 2 N–H and O–H groups in total. The summed E-state index contributed by atoms with van der Waals surface area (Å²) in [6.45, 7) is 3.64. The van der Waals surface area contributed by atoms with Crippen molar-refractivity contribution in [3.63, 3.8) is 0 Å². The number of hydrogen-bond donors (Lipinski definition) is 2. The minimum Gasteiger partial charge on any atom is -0.493 e. The fraction of sp³-hybridized carbons (Fsp3) is 0.647. The molecule has 1 aliphatic carbocycles. The molecule has 0 amide bonds. The normalized spacial score (nSPS) is 21.9. The minimum atomic E-state index is 0.00106. The van der Waals surface area contributed by atoms with E-state index in [2.05, 4.69) is 12.2 Å². The van der Waals surface area contributed by atoms with Crippen molar-refractivity contribution in [3.05, 3.63) is 18.2 Å². The molecule has 0 aliphatic heterocycles. The lowest BCUT2D eigenvalue weighted by molar-refractivity contribution is 0.196. The first-order chi connectivity index (χ1) is 10.2. The van der Waals surface area contributed by atoms with Crippen molar-refractivity contribution in [2.75, 3.05) is 32.2 Å². The molecule has 0 unspecified atom stereocenters. The van der Waals surface area contributed by atoms with E-state index in [4.69, 9.17) is 14.6 Å². The summed E-state index contributed by atoms with van der Waals surface area (Å²) in [6, 6.07) is 5.86. The molecule has 0 aromatic heterocycles. The molecule has 0 heterocycles. The fourth-order valence-corrected chi connectivity index (χ4v) is 2.85. The molecule has 1 fully saturated rings. The number of aliphatic hydroxyl groups is 1. The molecule has 0 atom stereocenters. The maximum Gasteiger partial charge on any atom is 0.163 e. The number of hydrogen-bond acceptors (Lipinski definition) is 4. The molecule has 1 saturated carbocycles. The number of anilines is 1. The van der Waals surface area contributed by atoms with Gasteiger partial charge in [0.05, 0.1) is 13.7 Å². The van der Waals surface area contributed by atoms with E-state index in [1.54, 1.807) is 7.11 Å². The highest BCUT2D eigenvalue weighted by molar-refractivity contribution is 5.54. The van der Waals surface area contributed by atoms with Gasteiger partial charge in [0, 0.05) is 18.3 Å². The number of benzene rings is 1. The molecule has 4 heteroatoms. The summed E-state index contributed by atoms with van der Waals surface area (Å²) in [5.41, 5.74) is 1.04. The van der Waals surface area contributed by atoms with Gasteiger partial charge in [-0.1, -0.05) is 19.8 Å². The van der Waals surface area contributed by atoms with E-state index < -0.39 is 0 Å². The quantitative estimate of drug-likeness (QED) is 0.810. The molecule has 1 aromatic rings. The highest BCUT2D eigenvalue weighted by atomic mass is 16.5. The van der Waals surface area contributed by atoms with Crippen LogP contribution in [0.4, 0.5) is 5.69 Å². The summed E-state index contributed by atoms with van der Waals surface area (Å²) in [5.74, 6) is 3.03. The Morgan fingerprint density at radius 3 is 2.62 bits per heavy atom. The van der Waals surface area contributed by atoms with Gasteiger partial charge in [-0.05, 0) is 36.8 Å². The van der Waals surface area contributed by atoms with Gasteiger partial charge in [-0.25, -0.2) is 0 Å². The maximum absolute atomic E-state index is 8.87. The van der Waals surface area contributed by atoms with Gasteiger partial charge in [-0.3, -0.25) is 0 Å². The van der Waals surface area contributed by atoms with Gasteiger partial charge in [0.1, 0.15) is 6.61 Å². The molecular formula is C17H27NO3. The number of aliphatic hydroxyl groups excluding tert-OH is 1. The topological polar surface area (TPSA) is 50.7 Å². The predicted octanol–water partition coefficient (Wildman–Crippen LogP) is 3.30. The summed E-state index contributed by atoms with van der Waals surface area (Å²) in [5, 5.41) is 12.4. The second-order valence-electron chi connectivity index (χ2n) is 5.94. The summed E-state index contributed by atoms with van der Waals surface area (Å²) in [7, 11) is 1.62. The minimum absolute atomic E-state index is 0.00106. The fourth-order valence-electron chi connectivity index (χ4n) is 2.85. The average molecular weight is 293 g/mol.